The number of hydrogen-bond donors (Lipinski definition) is 1. The summed E-state index contributed by atoms with van der Waals surface area (Å²) in [7, 11) is 0. The SMILES string of the molecule is CC(C)c1ccc(N2C[C@@]34C=C[C@@H](O3)[C@@H](C(=O)O)[C@@H]4C2=O)cc1. The third-order valence-electron chi connectivity index (χ3n) is 5.26. The number of fused-ring (bicyclic) bond motifs is 1. The molecule has 0 unspecified atom stereocenters. The minimum atomic E-state index is -0.961. The van der Waals surface area contributed by atoms with Gasteiger partial charge in [-0.25, -0.2) is 0 Å². The summed E-state index contributed by atoms with van der Waals surface area (Å²) in [6, 6.07) is 7.89. The van der Waals surface area contributed by atoms with Crippen LogP contribution in [0, 0.1) is 11.8 Å². The number of carbonyl (C=O) groups is 2. The van der Waals surface area contributed by atoms with Crippen molar-refractivity contribution >= 4 is 17.6 Å². The van der Waals surface area contributed by atoms with E-state index in [9.17, 15) is 14.7 Å². The average molecular weight is 313 g/mol. The summed E-state index contributed by atoms with van der Waals surface area (Å²) in [5, 5.41) is 9.47. The first-order valence-corrected chi connectivity index (χ1v) is 7.94. The number of carboxylic acid groups (broad SMARTS) is 1. The van der Waals surface area contributed by atoms with Gasteiger partial charge in [0.2, 0.25) is 5.91 Å². The number of rotatable bonds is 3. The van der Waals surface area contributed by atoms with Crippen LogP contribution in [-0.4, -0.2) is 35.2 Å². The zero-order valence-corrected chi connectivity index (χ0v) is 13.1. The molecule has 1 spiro atoms. The fourth-order valence-corrected chi connectivity index (χ4v) is 4.04. The standard InChI is InChI=1S/C18H19NO4/c1-10(2)11-3-5-12(6-4-11)19-9-18-8-7-13(23-18)14(17(21)22)15(18)16(19)20/h3-8,10,13-15H,9H2,1-2H3,(H,21,22)/t13-,14-,15-,18-/m1/s1. The van der Waals surface area contributed by atoms with Crippen LogP contribution in [0.15, 0.2) is 36.4 Å². The first-order chi connectivity index (χ1) is 10.9. The molecule has 0 saturated carbocycles. The topological polar surface area (TPSA) is 66.8 Å². The fourth-order valence-electron chi connectivity index (χ4n) is 4.04. The second kappa shape index (κ2) is 4.68. The van der Waals surface area contributed by atoms with Crippen molar-refractivity contribution < 1.29 is 19.4 Å². The molecule has 3 aliphatic rings. The lowest BCUT2D eigenvalue weighted by Crippen LogP contribution is -2.39. The Morgan fingerprint density at radius 1 is 1.35 bits per heavy atom. The smallest absolute Gasteiger partial charge is 0.310 e. The van der Waals surface area contributed by atoms with Crippen molar-refractivity contribution in [3.05, 3.63) is 42.0 Å². The van der Waals surface area contributed by atoms with Gasteiger partial charge in [-0.2, -0.15) is 0 Å². The van der Waals surface area contributed by atoms with Gasteiger partial charge < -0.3 is 14.7 Å². The zero-order valence-electron chi connectivity index (χ0n) is 13.1. The second-order valence-electron chi connectivity index (χ2n) is 6.91. The van der Waals surface area contributed by atoms with E-state index in [0.29, 0.717) is 12.5 Å². The Hall–Kier alpha value is -2.14. The van der Waals surface area contributed by atoms with Crippen molar-refractivity contribution in [2.45, 2.75) is 31.5 Å². The Morgan fingerprint density at radius 2 is 2.04 bits per heavy atom. The van der Waals surface area contributed by atoms with Crippen LogP contribution < -0.4 is 4.90 Å². The zero-order chi connectivity index (χ0) is 16.4. The number of carboxylic acids is 1. The Balaban J connectivity index is 1.67. The van der Waals surface area contributed by atoms with Gasteiger partial charge in [0.05, 0.1) is 18.6 Å². The molecular formula is C18H19NO4. The summed E-state index contributed by atoms with van der Waals surface area (Å²) >= 11 is 0. The van der Waals surface area contributed by atoms with E-state index in [2.05, 4.69) is 13.8 Å². The first-order valence-electron chi connectivity index (χ1n) is 7.94. The van der Waals surface area contributed by atoms with Gasteiger partial charge in [0.15, 0.2) is 0 Å². The van der Waals surface area contributed by atoms with E-state index in [1.165, 1.54) is 5.56 Å². The maximum absolute atomic E-state index is 12.9. The third-order valence-corrected chi connectivity index (χ3v) is 5.26. The summed E-state index contributed by atoms with van der Waals surface area (Å²) in [4.78, 5) is 26.1. The van der Waals surface area contributed by atoms with E-state index >= 15 is 0 Å². The molecule has 4 rings (SSSR count). The number of ether oxygens (including phenoxy) is 1. The molecule has 1 N–H and O–H groups in total. The van der Waals surface area contributed by atoms with E-state index in [1.807, 2.05) is 30.3 Å². The molecule has 2 saturated heterocycles. The molecule has 5 nitrogen and oxygen atoms in total. The van der Waals surface area contributed by atoms with E-state index in [0.717, 1.165) is 5.69 Å². The van der Waals surface area contributed by atoms with Crippen LogP contribution in [0.5, 0.6) is 0 Å². The summed E-state index contributed by atoms with van der Waals surface area (Å²) in [6.45, 7) is 4.62. The molecule has 2 fully saturated rings. The Bertz CT molecular complexity index is 708. The molecule has 1 amide bonds. The molecule has 3 aliphatic heterocycles. The van der Waals surface area contributed by atoms with Gasteiger partial charge in [0.1, 0.15) is 11.5 Å². The van der Waals surface area contributed by atoms with Crippen LogP contribution in [-0.2, 0) is 14.3 Å². The monoisotopic (exact) mass is 313 g/mol. The highest BCUT2D eigenvalue weighted by Crippen LogP contribution is 2.52. The quantitative estimate of drug-likeness (QED) is 0.869. The van der Waals surface area contributed by atoms with Crippen LogP contribution in [0.4, 0.5) is 5.69 Å². The molecule has 2 bridgehead atoms. The highest BCUT2D eigenvalue weighted by Gasteiger charge is 2.67. The van der Waals surface area contributed by atoms with Gasteiger partial charge in [0.25, 0.3) is 0 Å². The predicted molar refractivity (Wildman–Crippen MR) is 84.2 cm³/mol. The van der Waals surface area contributed by atoms with Crippen molar-refractivity contribution in [3.8, 4) is 0 Å². The van der Waals surface area contributed by atoms with Crippen LogP contribution in [0.2, 0.25) is 0 Å². The summed E-state index contributed by atoms with van der Waals surface area (Å²) in [5.41, 5.74) is 1.23. The number of hydrogen-bond acceptors (Lipinski definition) is 3. The van der Waals surface area contributed by atoms with E-state index in [-0.39, 0.29) is 5.91 Å². The minimum Gasteiger partial charge on any atom is -0.481 e. The van der Waals surface area contributed by atoms with Gasteiger partial charge in [0, 0.05) is 5.69 Å². The van der Waals surface area contributed by atoms with E-state index < -0.39 is 29.5 Å². The number of benzene rings is 1. The molecule has 0 aromatic heterocycles. The summed E-state index contributed by atoms with van der Waals surface area (Å²) in [5.74, 6) is -2.10. The van der Waals surface area contributed by atoms with Crippen LogP contribution >= 0.6 is 0 Å². The largest absolute Gasteiger partial charge is 0.481 e. The first kappa shape index (κ1) is 14.5. The average Bonchev–Trinajstić information content (AvgIpc) is 3.15. The van der Waals surface area contributed by atoms with Gasteiger partial charge in [-0.05, 0) is 23.6 Å². The summed E-state index contributed by atoms with van der Waals surface area (Å²) in [6.07, 6.45) is 3.18. The second-order valence-corrected chi connectivity index (χ2v) is 6.91. The molecule has 3 heterocycles. The lowest BCUT2D eigenvalue weighted by molar-refractivity contribution is -0.146. The van der Waals surface area contributed by atoms with Gasteiger partial charge in [-0.1, -0.05) is 38.1 Å². The van der Waals surface area contributed by atoms with Crippen molar-refractivity contribution in [1.29, 1.82) is 0 Å². The molecule has 4 atom stereocenters. The molecule has 0 radical (unpaired) electrons. The van der Waals surface area contributed by atoms with E-state index in [4.69, 9.17) is 4.74 Å². The molecular weight excluding hydrogens is 294 g/mol. The molecule has 5 heteroatoms. The number of aliphatic carboxylic acids is 1. The molecule has 0 aliphatic carbocycles. The number of amides is 1. The van der Waals surface area contributed by atoms with Crippen molar-refractivity contribution in [1.82, 2.24) is 0 Å². The number of nitrogens with zero attached hydrogens (tertiary/aromatic N) is 1. The van der Waals surface area contributed by atoms with Gasteiger partial charge >= 0.3 is 5.97 Å². The third kappa shape index (κ3) is 1.89. The highest BCUT2D eigenvalue weighted by molar-refractivity contribution is 6.02. The molecule has 120 valence electrons. The fraction of sp³-hybridized carbons (Fsp3) is 0.444. The molecule has 1 aromatic rings. The highest BCUT2D eigenvalue weighted by atomic mass is 16.5. The van der Waals surface area contributed by atoms with Crippen molar-refractivity contribution in [3.63, 3.8) is 0 Å². The van der Waals surface area contributed by atoms with Crippen molar-refractivity contribution in [2.24, 2.45) is 11.8 Å². The lowest BCUT2D eigenvalue weighted by atomic mass is 9.77. The van der Waals surface area contributed by atoms with Gasteiger partial charge in [-0.3, -0.25) is 9.59 Å². The number of carbonyl (C=O) groups excluding carboxylic acids is 1. The summed E-state index contributed by atoms with van der Waals surface area (Å²) < 4.78 is 5.89. The molecule has 1 aromatic carbocycles. The van der Waals surface area contributed by atoms with Crippen molar-refractivity contribution in [2.75, 3.05) is 11.4 Å². The lowest BCUT2D eigenvalue weighted by Gasteiger charge is -2.21. The maximum Gasteiger partial charge on any atom is 0.310 e. The van der Waals surface area contributed by atoms with Crippen LogP contribution in [0.1, 0.15) is 25.3 Å². The Labute approximate surface area is 134 Å². The predicted octanol–water partition coefficient (Wildman–Crippen LogP) is 2.18. The van der Waals surface area contributed by atoms with Crippen LogP contribution in [0.3, 0.4) is 0 Å². The Morgan fingerprint density at radius 3 is 2.65 bits per heavy atom. The minimum absolute atomic E-state index is 0.151. The molecule has 23 heavy (non-hydrogen) atoms. The maximum atomic E-state index is 12.9. The number of anilines is 1. The van der Waals surface area contributed by atoms with Gasteiger partial charge in [-0.15, -0.1) is 0 Å². The normalized spacial score (nSPS) is 34.5. The van der Waals surface area contributed by atoms with E-state index in [1.54, 1.807) is 11.0 Å². The Kier molecular flexibility index (Phi) is 2.94. The van der Waals surface area contributed by atoms with Crippen LogP contribution in [0.25, 0.3) is 0 Å².